The molecule has 0 heterocycles. The van der Waals surface area contributed by atoms with Crippen molar-refractivity contribution in [1.29, 1.82) is 0 Å². The highest BCUT2D eigenvalue weighted by atomic mass is 35.5. The van der Waals surface area contributed by atoms with Crippen LogP contribution in [0.3, 0.4) is 0 Å². The van der Waals surface area contributed by atoms with E-state index in [1.54, 1.807) is 7.11 Å². The van der Waals surface area contributed by atoms with E-state index in [1.165, 1.54) is 0 Å². The standard InChI is InChI=1S/C11H15Cl2NO/c1-15-11-4-2-10(3-5-11)14(8-6-12)9-7-13/h2-5H,6-9H2,1H3. The largest absolute Gasteiger partial charge is 0.497 e. The minimum atomic E-state index is 0.600. The Morgan fingerprint density at radius 1 is 1.07 bits per heavy atom. The van der Waals surface area contributed by atoms with Gasteiger partial charge in [-0.3, -0.25) is 0 Å². The van der Waals surface area contributed by atoms with Crippen molar-refractivity contribution in [2.24, 2.45) is 0 Å². The Bertz CT molecular complexity index is 270. The average Bonchev–Trinajstić information content (AvgIpc) is 2.29. The maximum Gasteiger partial charge on any atom is 0.119 e. The van der Waals surface area contributed by atoms with Crippen LogP contribution in [-0.2, 0) is 0 Å². The number of ether oxygens (including phenoxy) is 1. The Kier molecular flexibility index (Phi) is 5.66. The molecule has 0 radical (unpaired) electrons. The molecule has 2 nitrogen and oxygen atoms in total. The molecule has 0 aliphatic carbocycles. The van der Waals surface area contributed by atoms with E-state index < -0.39 is 0 Å². The van der Waals surface area contributed by atoms with Gasteiger partial charge >= 0.3 is 0 Å². The van der Waals surface area contributed by atoms with Crippen LogP contribution in [0.1, 0.15) is 0 Å². The Balaban J connectivity index is 2.72. The Hall–Kier alpha value is -0.600. The van der Waals surface area contributed by atoms with E-state index in [-0.39, 0.29) is 0 Å². The number of benzene rings is 1. The van der Waals surface area contributed by atoms with Gasteiger partial charge in [0, 0.05) is 30.5 Å². The van der Waals surface area contributed by atoms with Crippen LogP contribution in [0, 0.1) is 0 Å². The Morgan fingerprint density at radius 3 is 2.00 bits per heavy atom. The molecule has 0 bridgehead atoms. The second kappa shape index (κ2) is 6.81. The summed E-state index contributed by atoms with van der Waals surface area (Å²) in [5, 5.41) is 0. The zero-order valence-corrected chi connectivity index (χ0v) is 10.3. The topological polar surface area (TPSA) is 12.5 Å². The molecule has 1 aromatic carbocycles. The smallest absolute Gasteiger partial charge is 0.119 e. The lowest BCUT2D eigenvalue weighted by Crippen LogP contribution is -2.27. The lowest BCUT2D eigenvalue weighted by Gasteiger charge is -2.22. The summed E-state index contributed by atoms with van der Waals surface area (Å²) in [6.07, 6.45) is 0. The van der Waals surface area contributed by atoms with Gasteiger partial charge in [0.1, 0.15) is 5.75 Å². The lowest BCUT2D eigenvalue weighted by molar-refractivity contribution is 0.415. The first-order valence-corrected chi connectivity index (χ1v) is 5.89. The third-order valence-corrected chi connectivity index (χ3v) is 2.48. The van der Waals surface area contributed by atoms with Crippen LogP contribution in [-0.4, -0.2) is 32.0 Å². The summed E-state index contributed by atoms with van der Waals surface area (Å²) in [5.41, 5.74) is 1.12. The molecule has 1 rings (SSSR count). The van der Waals surface area contributed by atoms with E-state index in [2.05, 4.69) is 4.90 Å². The third kappa shape index (κ3) is 3.80. The summed E-state index contributed by atoms with van der Waals surface area (Å²) >= 11 is 11.5. The van der Waals surface area contributed by atoms with Gasteiger partial charge in [0.05, 0.1) is 7.11 Å². The molecule has 0 aliphatic heterocycles. The van der Waals surface area contributed by atoms with Crippen molar-refractivity contribution in [3.8, 4) is 5.75 Å². The summed E-state index contributed by atoms with van der Waals surface area (Å²) < 4.78 is 5.10. The van der Waals surface area contributed by atoms with Gasteiger partial charge < -0.3 is 9.64 Å². The minimum absolute atomic E-state index is 0.600. The molecule has 0 N–H and O–H groups in total. The highest BCUT2D eigenvalue weighted by molar-refractivity contribution is 6.18. The second-order valence-electron chi connectivity index (χ2n) is 3.06. The molecule has 0 saturated carbocycles. The molecule has 4 heteroatoms. The van der Waals surface area contributed by atoms with Gasteiger partial charge in [0.25, 0.3) is 0 Å². The number of alkyl halides is 2. The van der Waals surface area contributed by atoms with Crippen LogP contribution >= 0.6 is 23.2 Å². The van der Waals surface area contributed by atoms with Gasteiger partial charge in [-0.25, -0.2) is 0 Å². The molecular weight excluding hydrogens is 233 g/mol. The van der Waals surface area contributed by atoms with Gasteiger partial charge in [0.15, 0.2) is 0 Å². The quantitative estimate of drug-likeness (QED) is 0.717. The highest BCUT2D eigenvalue weighted by Gasteiger charge is 2.04. The van der Waals surface area contributed by atoms with E-state index >= 15 is 0 Å². The molecule has 0 spiro atoms. The predicted octanol–water partition coefficient (Wildman–Crippen LogP) is 2.98. The molecule has 0 aliphatic rings. The molecule has 84 valence electrons. The van der Waals surface area contributed by atoms with E-state index in [4.69, 9.17) is 27.9 Å². The summed E-state index contributed by atoms with van der Waals surface area (Å²) in [7, 11) is 1.66. The molecule has 1 aromatic rings. The van der Waals surface area contributed by atoms with E-state index in [0.29, 0.717) is 11.8 Å². The molecule has 0 unspecified atom stereocenters. The summed E-state index contributed by atoms with van der Waals surface area (Å²) in [4.78, 5) is 2.15. The van der Waals surface area contributed by atoms with Crippen molar-refractivity contribution in [3.05, 3.63) is 24.3 Å². The van der Waals surface area contributed by atoms with Crippen LogP contribution < -0.4 is 9.64 Å². The molecule has 15 heavy (non-hydrogen) atoms. The van der Waals surface area contributed by atoms with E-state index in [9.17, 15) is 0 Å². The van der Waals surface area contributed by atoms with Gasteiger partial charge in [-0.15, -0.1) is 23.2 Å². The number of halogens is 2. The fourth-order valence-corrected chi connectivity index (χ4v) is 1.78. The Morgan fingerprint density at radius 2 is 1.60 bits per heavy atom. The molecule has 0 fully saturated rings. The lowest BCUT2D eigenvalue weighted by atomic mass is 10.2. The fourth-order valence-electron chi connectivity index (χ4n) is 1.37. The number of rotatable bonds is 6. The van der Waals surface area contributed by atoms with Gasteiger partial charge in [-0.05, 0) is 24.3 Å². The van der Waals surface area contributed by atoms with Crippen molar-refractivity contribution in [3.63, 3.8) is 0 Å². The number of nitrogens with zero attached hydrogens (tertiary/aromatic N) is 1. The predicted molar refractivity (Wildman–Crippen MR) is 66.6 cm³/mol. The normalized spacial score (nSPS) is 10.1. The third-order valence-electron chi connectivity index (χ3n) is 2.15. The highest BCUT2D eigenvalue weighted by Crippen LogP contribution is 2.19. The van der Waals surface area contributed by atoms with Crippen LogP contribution in [0.15, 0.2) is 24.3 Å². The number of anilines is 1. The molecule has 0 aromatic heterocycles. The van der Waals surface area contributed by atoms with Crippen molar-refractivity contribution >= 4 is 28.9 Å². The first kappa shape index (κ1) is 12.5. The zero-order valence-electron chi connectivity index (χ0n) is 8.75. The SMILES string of the molecule is COc1ccc(N(CCCl)CCCl)cc1. The van der Waals surface area contributed by atoms with E-state index in [0.717, 1.165) is 24.5 Å². The zero-order chi connectivity index (χ0) is 11.1. The minimum Gasteiger partial charge on any atom is -0.497 e. The number of hydrogen-bond acceptors (Lipinski definition) is 2. The number of methoxy groups -OCH3 is 1. The van der Waals surface area contributed by atoms with Crippen molar-refractivity contribution in [2.45, 2.75) is 0 Å². The van der Waals surface area contributed by atoms with Gasteiger partial charge in [-0.2, -0.15) is 0 Å². The maximum absolute atomic E-state index is 5.73. The second-order valence-corrected chi connectivity index (χ2v) is 3.82. The maximum atomic E-state index is 5.73. The average molecular weight is 248 g/mol. The van der Waals surface area contributed by atoms with Crippen molar-refractivity contribution < 1.29 is 4.74 Å². The molecule has 0 amide bonds. The van der Waals surface area contributed by atoms with Crippen LogP contribution in [0.25, 0.3) is 0 Å². The summed E-state index contributed by atoms with van der Waals surface area (Å²) in [6, 6.07) is 7.89. The van der Waals surface area contributed by atoms with Crippen molar-refractivity contribution in [1.82, 2.24) is 0 Å². The first-order valence-electron chi connectivity index (χ1n) is 4.82. The monoisotopic (exact) mass is 247 g/mol. The first-order chi connectivity index (χ1) is 7.31. The van der Waals surface area contributed by atoms with Crippen LogP contribution in [0.5, 0.6) is 5.75 Å². The molecular formula is C11H15Cl2NO. The van der Waals surface area contributed by atoms with E-state index in [1.807, 2.05) is 24.3 Å². The summed E-state index contributed by atoms with van der Waals surface area (Å²) in [6.45, 7) is 1.61. The molecule has 0 atom stereocenters. The number of hydrogen-bond donors (Lipinski definition) is 0. The van der Waals surface area contributed by atoms with Crippen LogP contribution in [0.4, 0.5) is 5.69 Å². The van der Waals surface area contributed by atoms with Crippen LogP contribution in [0.2, 0.25) is 0 Å². The fraction of sp³-hybridized carbons (Fsp3) is 0.455. The van der Waals surface area contributed by atoms with Gasteiger partial charge in [-0.1, -0.05) is 0 Å². The van der Waals surface area contributed by atoms with Crippen molar-refractivity contribution in [2.75, 3.05) is 36.9 Å². The Labute approximate surface area is 101 Å². The summed E-state index contributed by atoms with van der Waals surface area (Å²) in [5.74, 6) is 2.06. The van der Waals surface area contributed by atoms with Gasteiger partial charge in [0.2, 0.25) is 0 Å². The molecule has 0 saturated heterocycles.